The number of carboxylic acids is 1. The highest BCUT2D eigenvalue weighted by atomic mass is 16.5. The fourth-order valence-corrected chi connectivity index (χ4v) is 1.51. The quantitative estimate of drug-likeness (QED) is 0.773. The van der Waals surface area contributed by atoms with Crippen molar-refractivity contribution in [3.05, 3.63) is 23.7 Å². The van der Waals surface area contributed by atoms with Gasteiger partial charge in [-0.2, -0.15) is 0 Å². The molecule has 5 nitrogen and oxygen atoms in total. The lowest BCUT2D eigenvalue weighted by atomic mass is 10.2. The Morgan fingerprint density at radius 1 is 1.56 bits per heavy atom. The predicted octanol–water partition coefficient (Wildman–Crippen LogP) is 1.66. The molecule has 90 valence electrons. The zero-order valence-corrected chi connectivity index (χ0v) is 9.69. The van der Waals surface area contributed by atoms with Crippen LogP contribution in [0, 0.1) is 0 Å². The molecule has 5 heteroatoms. The fraction of sp³-hybridized carbons (Fsp3) is 0.545. The first-order valence-corrected chi connectivity index (χ1v) is 5.12. The van der Waals surface area contributed by atoms with E-state index in [2.05, 4.69) is 5.32 Å². The summed E-state index contributed by atoms with van der Waals surface area (Å²) in [6.45, 7) is 4.49. The van der Waals surface area contributed by atoms with Crippen molar-refractivity contribution in [1.82, 2.24) is 5.32 Å². The lowest BCUT2D eigenvalue weighted by Gasteiger charge is -2.17. The molecule has 0 radical (unpaired) electrons. The number of nitrogens with one attached hydrogen (secondary N) is 1. The zero-order valence-electron chi connectivity index (χ0n) is 9.69. The van der Waals surface area contributed by atoms with E-state index in [-0.39, 0.29) is 17.8 Å². The van der Waals surface area contributed by atoms with Gasteiger partial charge in [-0.1, -0.05) is 0 Å². The molecule has 0 aliphatic carbocycles. The normalized spacial score (nSPS) is 14.7. The molecule has 1 aromatic heterocycles. The molecule has 2 atom stereocenters. The standard InChI is InChI=1S/C11H17NO4/c1-7(6-15-3)12-8(2)9-4-5-10(16-9)11(13)14/h4-5,7-8,12H,6H2,1-3H3,(H,13,14). The van der Waals surface area contributed by atoms with Crippen molar-refractivity contribution in [1.29, 1.82) is 0 Å². The number of methoxy groups -OCH3 is 1. The SMILES string of the molecule is COCC(C)NC(C)c1ccc(C(=O)O)o1. The molecule has 16 heavy (non-hydrogen) atoms. The molecule has 0 fully saturated rings. The Balaban J connectivity index is 2.58. The van der Waals surface area contributed by atoms with Gasteiger partial charge in [0.2, 0.25) is 5.76 Å². The molecule has 0 saturated carbocycles. The summed E-state index contributed by atoms with van der Waals surface area (Å²) in [5.74, 6) is -0.480. The Bertz CT molecular complexity index is 348. The maximum atomic E-state index is 10.6. The summed E-state index contributed by atoms with van der Waals surface area (Å²) in [4.78, 5) is 10.6. The van der Waals surface area contributed by atoms with Gasteiger partial charge in [-0.15, -0.1) is 0 Å². The third kappa shape index (κ3) is 3.36. The summed E-state index contributed by atoms with van der Waals surface area (Å²) < 4.78 is 10.2. The van der Waals surface area contributed by atoms with Gasteiger partial charge in [0, 0.05) is 13.2 Å². The number of aromatic carboxylic acids is 1. The van der Waals surface area contributed by atoms with Crippen molar-refractivity contribution in [2.75, 3.05) is 13.7 Å². The zero-order chi connectivity index (χ0) is 12.1. The van der Waals surface area contributed by atoms with Gasteiger partial charge < -0.3 is 19.6 Å². The van der Waals surface area contributed by atoms with Gasteiger partial charge in [-0.3, -0.25) is 0 Å². The minimum atomic E-state index is -1.05. The second-order valence-electron chi connectivity index (χ2n) is 3.75. The molecule has 2 N–H and O–H groups in total. The van der Waals surface area contributed by atoms with E-state index in [1.165, 1.54) is 6.07 Å². The predicted molar refractivity (Wildman–Crippen MR) is 58.6 cm³/mol. The average Bonchev–Trinajstić information content (AvgIpc) is 2.66. The highest BCUT2D eigenvalue weighted by Crippen LogP contribution is 2.16. The molecule has 1 rings (SSSR count). The number of rotatable bonds is 6. The maximum absolute atomic E-state index is 10.6. The molecule has 0 bridgehead atoms. The number of hydrogen-bond donors (Lipinski definition) is 2. The second kappa shape index (κ2) is 5.67. The van der Waals surface area contributed by atoms with Crippen LogP contribution in [0.5, 0.6) is 0 Å². The Labute approximate surface area is 94.4 Å². The summed E-state index contributed by atoms with van der Waals surface area (Å²) in [7, 11) is 1.64. The maximum Gasteiger partial charge on any atom is 0.371 e. The van der Waals surface area contributed by atoms with Crippen LogP contribution < -0.4 is 5.32 Å². The van der Waals surface area contributed by atoms with Gasteiger partial charge in [0.25, 0.3) is 0 Å². The van der Waals surface area contributed by atoms with Gasteiger partial charge >= 0.3 is 5.97 Å². The van der Waals surface area contributed by atoms with Crippen molar-refractivity contribution < 1.29 is 19.1 Å². The number of ether oxygens (including phenoxy) is 1. The fourth-order valence-electron chi connectivity index (χ4n) is 1.51. The van der Waals surface area contributed by atoms with Crippen molar-refractivity contribution >= 4 is 5.97 Å². The Hall–Kier alpha value is -1.33. The molecular weight excluding hydrogens is 210 g/mol. The van der Waals surface area contributed by atoms with E-state index < -0.39 is 5.97 Å². The van der Waals surface area contributed by atoms with E-state index in [0.29, 0.717) is 12.4 Å². The molecular formula is C11H17NO4. The van der Waals surface area contributed by atoms with E-state index >= 15 is 0 Å². The van der Waals surface area contributed by atoms with Gasteiger partial charge in [0.15, 0.2) is 0 Å². The largest absolute Gasteiger partial charge is 0.475 e. The first-order chi connectivity index (χ1) is 7.54. The summed E-state index contributed by atoms with van der Waals surface area (Å²) in [5, 5.41) is 11.9. The molecule has 0 aliphatic heterocycles. The summed E-state index contributed by atoms with van der Waals surface area (Å²) >= 11 is 0. The Kier molecular flexibility index (Phi) is 4.52. The third-order valence-electron chi connectivity index (χ3n) is 2.22. The van der Waals surface area contributed by atoms with E-state index in [9.17, 15) is 4.79 Å². The van der Waals surface area contributed by atoms with E-state index in [1.807, 2.05) is 13.8 Å². The van der Waals surface area contributed by atoms with Crippen LogP contribution in [-0.2, 0) is 4.74 Å². The monoisotopic (exact) mass is 227 g/mol. The lowest BCUT2D eigenvalue weighted by molar-refractivity contribution is 0.0659. The van der Waals surface area contributed by atoms with Crippen molar-refractivity contribution in [3.63, 3.8) is 0 Å². The summed E-state index contributed by atoms with van der Waals surface area (Å²) in [6, 6.07) is 3.26. The van der Waals surface area contributed by atoms with Crippen molar-refractivity contribution in [2.45, 2.75) is 25.9 Å². The average molecular weight is 227 g/mol. The molecule has 0 saturated heterocycles. The van der Waals surface area contributed by atoms with Crippen LogP contribution in [0.15, 0.2) is 16.5 Å². The van der Waals surface area contributed by atoms with Crippen LogP contribution in [0.25, 0.3) is 0 Å². The van der Waals surface area contributed by atoms with Gasteiger partial charge in [-0.25, -0.2) is 4.79 Å². The molecule has 0 aliphatic rings. The number of carboxylic acid groups (broad SMARTS) is 1. The van der Waals surface area contributed by atoms with Crippen LogP contribution in [0.1, 0.15) is 36.2 Å². The lowest BCUT2D eigenvalue weighted by Crippen LogP contribution is -2.32. The Morgan fingerprint density at radius 3 is 2.75 bits per heavy atom. The molecule has 0 amide bonds. The molecule has 2 unspecified atom stereocenters. The van der Waals surface area contributed by atoms with Crippen LogP contribution >= 0.6 is 0 Å². The minimum absolute atomic E-state index is 0.0388. The van der Waals surface area contributed by atoms with Gasteiger partial charge in [0.1, 0.15) is 5.76 Å². The summed E-state index contributed by atoms with van der Waals surface area (Å²) in [5.41, 5.74) is 0. The van der Waals surface area contributed by atoms with Gasteiger partial charge in [-0.05, 0) is 26.0 Å². The van der Waals surface area contributed by atoms with Crippen LogP contribution in [-0.4, -0.2) is 30.8 Å². The number of furan rings is 1. The van der Waals surface area contributed by atoms with Gasteiger partial charge in [0.05, 0.1) is 12.6 Å². The van der Waals surface area contributed by atoms with E-state index in [0.717, 1.165) is 0 Å². The smallest absolute Gasteiger partial charge is 0.371 e. The molecule has 1 aromatic rings. The number of hydrogen-bond acceptors (Lipinski definition) is 4. The second-order valence-corrected chi connectivity index (χ2v) is 3.75. The van der Waals surface area contributed by atoms with Crippen LogP contribution in [0.2, 0.25) is 0 Å². The highest BCUT2D eigenvalue weighted by Gasteiger charge is 2.15. The van der Waals surface area contributed by atoms with Crippen LogP contribution in [0.4, 0.5) is 0 Å². The molecule has 0 aromatic carbocycles. The molecule has 0 spiro atoms. The van der Waals surface area contributed by atoms with E-state index in [1.54, 1.807) is 13.2 Å². The first kappa shape index (κ1) is 12.7. The van der Waals surface area contributed by atoms with E-state index in [4.69, 9.17) is 14.3 Å². The highest BCUT2D eigenvalue weighted by molar-refractivity contribution is 5.84. The third-order valence-corrected chi connectivity index (χ3v) is 2.22. The van der Waals surface area contributed by atoms with Crippen molar-refractivity contribution in [3.8, 4) is 0 Å². The first-order valence-electron chi connectivity index (χ1n) is 5.12. The number of carbonyl (C=O) groups is 1. The summed E-state index contributed by atoms with van der Waals surface area (Å²) in [6.07, 6.45) is 0. The minimum Gasteiger partial charge on any atom is -0.475 e. The van der Waals surface area contributed by atoms with Crippen LogP contribution in [0.3, 0.4) is 0 Å². The van der Waals surface area contributed by atoms with Crippen molar-refractivity contribution in [2.24, 2.45) is 0 Å². The Morgan fingerprint density at radius 2 is 2.25 bits per heavy atom. The molecule has 1 heterocycles. The topological polar surface area (TPSA) is 71.7 Å².